The molecule has 0 aromatic heterocycles. The molecule has 0 spiro atoms. The third-order valence-electron chi connectivity index (χ3n) is 1.57. The number of hydrogen-bond donors (Lipinski definition) is 0. The van der Waals surface area contributed by atoms with E-state index >= 15 is 0 Å². The highest BCUT2D eigenvalue weighted by Gasteiger charge is 1.95. The fourth-order valence-electron chi connectivity index (χ4n) is 1.02. The molecule has 0 atom stereocenters. The Kier molecular flexibility index (Phi) is 3.29. The molecule has 1 rings (SSSR count). The highest BCUT2D eigenvalue weighted by molar-refractivity contribution is 6.51. The largest absolute Gasteiger partial charge is 0.465 e. The third-order valence-corrected chi connectivity index (χ3v) is 3.68. The summed E-state index contributed by atoms with van der Waals surface area (Å²) in [5.74, 6) is 0. The van der Waals surface area contributed by atoms with Crippen LogP contribution in [0.5, 0.6) is 0 Å². The third kappa shape index (κ3) is 2.15. The van der Waals surface area contributed by atoms with Crippen LogP contribution in [0.3, 0.4) is 0 Å². The van der Waals surface area contributed by atoms with Gasteiger partial charge in [-0.25, -0.2) is 0 Å². The van der Waals surface area contributed by atoms with Crippen molar-refractivity contribution in [3.05, 3.63) is 36.4 Å². The van der Waals surface area contributed by atoms with Crippen molar-refractivity contribution < 1.29 is 4.12 Å². The molecule has 1 nitrogen and oxygen atoms in total. The summed E-state index contributed by atoms with van der Waals surface area (Å²) >= 11 is 0. The molecule has 0 unspecified atom stereocenters. The van der Waals surface area contributed by atoms with Crippen molar-refractivity contribution in [2.24, 2.45) is 0 Å². The molecular formula is C8H12OSi2. The molecule has 0 saturated heterocycles. The second-order valence-corrected chi connectivity index (χ2v) is 5.70. The summed E-state index contributed by atoms with van der Waals surface area (Å²) in [5, 5.41) is 1.36. The standard InChI is InChI=1S/C8H12OSi2/c1-2-7-5-3-4-6-8(7)11-9-10/h2-6H,1,11H2,10H3. The van der Waals surface area contributed by atoms with Gasteiger partial charge in [0.25, 0.3) is 0 Å². The van der Waals surface area contributed by atoms with Crippen molar-refractivity contribution >= 4 is 31.5 Å². The van der Waals surface area contributed by atoms with Crippen LogP contribution in [-0.4, -0.2) is 20.2 Å². The topological polar surface area (TPSA) is 9.23 Å². The first-order valence-corrected chi connectivity index (χ1v) is 5.68. The fourth-order valence-corrected chi connectivity index (χ4v) is 2.93. The van der Waals surface area contributed by atoms with E-state index in [1.165, 1.54) is 10.8 Å². The Bertz CT molecular complexity index is 248. The average Bonchev–Trinajstić information content (AvgIpc) is 2.06. The Morgan fingerprint density at radius 3 is 2.82 bits per heavy atom. The Morgan fingerprint density at radius 2 is 2.18 bits per heavy atom. The molecule has 0 aliphatic heterocycles. The molecule has 11 heavy (non-hydrogen) atoms. The molecule has 0 aliphatic carbocycles. The Labute approximate surface area is 72.6 Å². The molecule has 58 valence electrons. The fraction of sp³-hybridized carbons (Fsp3) is 0. The van der Waals surface area contributed by atoms with Gasteiger partial charge in [-0.05, 0) is 10.8 Å². The lowest BCUT2D eigenvalue weighted by Crippen LogP contribution is -2.18. The maximum absolute atomic E-state index is 5.30. The summed E-state index contributed by atoms with van der Waals surface area (Å²) in [4.78, 5) is 0. The summed E-state index contributed by atoms with van der Waals surface area (Å²) in [7, 11) is 0.401. The lowest BCUT2D eigenvalue weighted by Gasteiger charge is -2.02. The summed E-state index contributed by atoms with van der Waals surface area (Å²) in [6, 6.07) is 8.29. The van der Waals surface area contributed by atoms with Gasteiger partial charge < -0.3 is 4.12 Å². The molecule has 1 aromatic rings. The van der Waals surface area contributed by atoms with Crippen molar-refractivity contribution in [3.63, 3.8) is 0 Å². The van der Waals surface area contributed by atoms with Crippen LogP contribution in [0.2, 0.25) is 0 Å². The zero-order chi connectivity index (χ0) is 8.10. The molecule has 0 amide bonds. The molecule has 0 aliphatic rings. The van der Waals surface area contributed by atoms with E-state index in [2.05, 4.69) is 24.8 Å². The Morgan fingerprint density at radius 1 is 1.45 bits per heavy atom. The van der Waals surface area contributed by atoms with E-state index < -0.39 is 9.76 Å². The van der Waals surface area contributed by atoms with Crippen LogP contribution in [0.25, 0.3) is 6.08 Å². The van der Waals surface area contributed by atoms with Gasteiger partial charge in [-0.1, -0.05) is 36.9 Å². The van der Waals surface area contributed by atoms with Crippen LogP contribution in [0, 0.1) is 0 Å². The molecule has 1 aromatic carbocycles. The van der Waals surface area contributed by atoms with Gasteiger partial charge >= 0.3 is 0 Å². The van der Waals surface area contributed by atoms with Gasteiger partial charge in [0.05, 0.1) is 0 Å². The van der Waals surface area contributed by atoms with E-state index in [1.54, 1.807) is 0 Å². The van der Waals surface area contributed by atoms with Gasteiger partial charge in [0.1, 0.15) is 10.5 Å². The normalized spacial score (nSPS) is 10.9. The van der Waals surface area contributed by atoms with Crippen LogP contribution in [0.15, 0.2) is 30.8 Å². The predicted molar refractivity (Wildman–Crippen MR) is 55.7 cm³/mol. The molecule has 0 radical (unpaired) electrons. The van der Waals surface area contributed by atoms with Crippen molar-refractivity contribution in [2.45, 2.75) is 0 Å². The monoisotopic (exact) mass is 180 g/mol. The SMILES string of the molecule is C=Cc1ccccc1[SiH2]O[SiH3]. The second kappa shape index (κ2) is 4.28. The highest BCUT2D eigenvalue weighted by atomic mass is 28.3. The molecule has 0 heterocycles. The van der Waals surface area contributed by atoms with Crippen LogP contribution in [0.1, 0.15) is 5.56 Å². The lowest BCUT2D eigenvalue weighted by atomic mass is 10.2. The Balaban J connectivity index is 2.92. The zero-order valence-electron chi connectivity index (χ0n) is 6.71. The van der Waals surface area contributed by atoms with E-state index in [0.717, 1.165) is 10.5 Å². The van der Waals surface area contributed by atoms with Gasteiger partial charge in [0.15, 0.2) is 9.76 Å². The Hall–Kier alpha value is -0.646. The minimum atomic E-state index is -0.450. The summed E-state index contributed by atoms with van der Waals surface area (Å²) in [5.41, 5.74) is 1.23. The van der Waals surface area contributed by atoms with Gasteiger partial charge in [0.2, 0.25) is 0 Å². The van der Waals surface area contributed by atoms with Crippen LogP contribution >= 0.6 is 0 Å². The molecular weight excluding hydrogens is 168 g/mol. The van der Waals surface area contributed by atoms with E-state index in [1.807, 2.05) is 12.1 Å². The molecule has 0 N–H and O–H groups in total. The lowest BCUT2D eigenvalue weighted by molar-refractivity contribution is 0.676. The van der Waals surface area contributed by atoms with Gasteiger partial charge in [0, 0.05) is 0 Å². The first-order valence-electron chi connectivity index (χ1n) is 3.57. The second-order valence-electron chi connectivity index (χ2n) is 2.34. The van der Waals surface area contributed by atoms with Crippen molar-refractivity contribution in [2.75, 3.05) is 0 Å². The number of benzene rings is 1. The van der Waals surface area contributed by atoms with Gasteiger partial charge in [-0.15, -0.1) is 0 Å². The van der Waals surface area contributed by atoms with Crippen molar-refractivity contribution in [1.82, 2.24) is 0 Å². The minimum absolute atomic E-state index is 0.450. The maximum Gasteiger partial charge on any atom is 0.178 e. The predicted octanol–water partition coefficient (Wildman–Crippen LogP) is -0.664. The van der Waals surface area contributed by atoms with Crippen LogP contribution in [0.4, 0.5) is 0 Å². The minimum Gasteiger partial charge on any atom is -0.465 e. The maximum atomic E-state index is 5.30. The summed E-state index contributed by atoms with van der Waals surface area (Å²) in [6.07, 6.45) is 1.89. The van der Waals surface area contributed by atoms with Gasteiger partial charge in [-0.2, -0.15) is 0 Å². The van der Waals surface area contributed by atoms with Crippen LogP contribution in [-0.2, 0) is 4.12 Å². The number of hydrogen-bond acceptors (Lipinski definition) is 1. The number of rotatable bonds is 3. The molecule has 0 fully saturated rings. The zero-order valence-corrected chi connectivity index (χ0v) is 10.1. The van der Waals surface area contributed by atoms with E-state index in [0.29, 0.717) is 0 Å². The van der Waals surface area contributed by atoms with E-state index in [4.69, 9.17) is 4.12 Å². The molecule has 0 saturated carbocycles. The average molecular weight is 180 g/mol. The summed E-state index contributed by atoms with van der Waals surface area (Å²) < 4.78 is 5.30. The highest BCUT2D eigenvalue weighted by Crippen LogP contribution is 1.96. The van der Waals surface area contributed by atoms with E-state index in [-0.39, 0.29) is 0 Å². The molecule has 0 bridgehead atoms. The van der Waals surface area contributed by atoms with Crippen molar-refractivity contribution in [1.29, 1.82) is 0 Å². The van der Waals surface area contributed by atoms with E-state index in [9.17, 15) is 0 Å². The van der Waals surface area contributed by atoms with Gasteiger partial charge in [-0.3, -0.25) is 0 Å². The quantitative estimate of drug-likeness (QED) is 0.561. The first kappa shape index (κ1) is 8.45. The van der Waals surface area contributed by atoms with Crippen LogP contribution < -0.4 is 5.19 Å². The molecule has 3 heteroatoms. The van der Waals surface area contributed by atoms with Crippen molar-refractivity contribution in [3.8, 4) is 0 Å². The smallest absolute Gasteiger partial charge is 0.178 e. The summed E-state index contributed by atoms with van der Waals surface area (Å²) in [6.45, 7) is 3.75. The first-order chi connectivity index (χ1) is 5.38.